The van der Waals surface area contributed by atoms with Gasteiger partial charge in [-0.3, -0.25) is 19.8 Å². The van der Waals surface area contributed by atoms with Crippen molar-refractivity contribution in [2.75, 3.05) is 36.5 Å². The molecule has 3 aromatic carbocycles. The highest BCUT2D eigenvalue weighted by Crippen LogP contribution is 2.54. The number of aromatic amines is 1. The van der Waals surface area contributed by atoms with E-state index in [9.17, 15) is 32.8 Å². The van der Waals surface area contributed by atoms with Gasteiger partial charge in [0.1, 0.15) is 29.6 Å². The lowest BCUT2D eigenvalue weighted by Crippen LogP contribution is -2.54. The number of hydrogen-bond acceptors (Lipinski definition) is 12. The quantitative estimate of drug-likeness (QED) is 0.0726. The van der Waals surface area contributed by atoms with E-state index in [-0.39, 0.29) is 57.9 Å². The lowest BCUT2D eigenvalue weighted by Gasteiger charge is -2.56. The highest BCUT2D eigenvalue weighted by molar-refractivity contribution is 7.90. The number of nitro groups is 1. The number of H-pyrrole nitrogens is 1. The average molecular weight is 936 g/mol. The molecule has 4 fully saturated rings. The molecule has 354 valence electrons. The fraction of sp³-hybridized carbons (Fsp3) is 0.480. The van der Waals surface area contributed by atoms with Crippen LogP contribution in [0.4, 0.5) is 21.5 Å². The van der Waals surface area contributed by atoms with Gasteiger partial charge >= 0.3 is 0 Å². The Hall–Kier alpha value is -5.78. The minimum Gasteiger partial charge on any atom is -0.489 e. The van der Waals surface area contributed by atoms with Gasteiger partial charge in [0, 0.05) is 55.3 Å². The van der Waals surface area contributed by atoms with Crippen molar-refractivity contribution < 1.29 is 37.1 Å². The first kappa shape index (κ1) is 45.0. The van der Waals surface area contributed by atoms with E-state index in [1.54, 1.807) is 19.1 Å². The highest BCUT2D eigenvalue weighted by Gasteiger charge is 2.50. The van der Waals surface area contributed by atoms with Crippen LogP contribution in [0.25, 0.3) is 11.0 Å². The van der Waals surface area contributed by atoms with Gasteiger partial charge in [0.25, 0.3) is 21.6 Å². The number of likely N-dealkylation sites (tertiary alicyclic amines) is 1. The fourth-order valence-corrected chi connectivity index (χ4v) is 12.5. The molecule has 67 heavy (non-hydrogen) atoms. The van der Waals surface area contributed by atoms with Crippen LogP contribution in [0.3, 0.4) is 0 Å². The monoisotopic (exact) mass is 935 g/mol. The number of halogens is 1. The Kier molecular flexibility index (Phi) is 11.7. The second kappa shape index (κ2) is 17.4. The van der Waals surface area contributed by atoms with Gasteiger partial charge in [0.2, 0.25) is 0 Å². The largest absolute Gasteiger partial charge is 0.489 e. The van der Waals surface area contributed by atoms with Gasteiger partial charge in [0.15, 0.2) is 11.4 Å². The van der Waals surface area contributed by atoms with E-state index < -0.39 is 42.9 Å². The number of carbonyl (C=O) groups is 1. The minimum absolute atomic E-state index is 0.0206. The zero-order valence-corrected chi connectivity index (χ0v) is 38.9. The van der Waals surface area contributed by atoms with Crippen molar-refractivity contribution in [3.8, 4) is 17.2 Å². The fourth-order valence-electron chi connectivity index (χ4n) is 11.5. The summed E-state index contributed by atoms with van der Waals surface area (Å²) in [6.07, 6.45) is 11.9. The smallest absolute Gasteiger partial charge is 0.297 e. The summed E-state index contributed by atoms with van der Waals surface area (Å²) in [5.74, 6) is -0.889. The summed E-state index contributed by atoms with van der Waals surface area (Å²) in [7, 11) is -4.71. The standard InChI is InChI=1S/C50H58FN7O8S/c1-30(2)36-7-4-5-8-37(36)42-9-6-18-57(42)33-25-50(26-33)16-19-56(20-17-50)32-10-11-38(44(21-32)66-34-22-39-40(51)28-53-47(39)52-27-34)48(59)55-67(63,64)35-23-43(58(61)62)46-45(24-35)65-29-41(54-46)31-12-14-49(3,60)15-13-31/h4-5,7-8,10-11,21-24,27-28,30-31,33,41-42,54,60H,6,9,12-20,25-26,29H2,1-3H3,(H,52,53)(H,55,59)/t31-,41-,42-,49-/m1/s1. The molecule has 4 N–H and O–H groups in total. The van der Waals surface area contributed by atoms with Crippen LogP contribution < -0.4 is 24.4 Å². The van der Waals surface area contributed by atoms with Gasteiger partial charge in [-0.15, -0.1) is 0 Å². The topological polar surface area (TPSA) is 192 Å². The number of hydrogen-bond donors (Lipinski definition) is 4. The Morgan fingerprint density at radius 1 is 1.04 bits per heavy atom. The van der Waals surface area contributed by atoms with Gasteiger partial charge in [-0.1, -0.05) is 38.1 Å². The average Bonchev–Trinajstić information content (AvgIpc) is 3.94. The molecular formula is C50H58FN7O8S. The molecule has 17 heteroatoms. The van der Waals surface area contributed by atoms with Crippen LogP contribution in [0.5, 0.6) is 17.2 Å². The van der Waals surface area contributed by atoms with E-state index in [2.05, 4.69) is 67.9 Å². The summed E-state index contributed by atoms with van der Waals surface area (Å²) < 4.78 is 56.9. The van der Waals surface area contributed by atoms with Crippen molar-refractivity contribution in [2.45, 2.75) is 120 Å². The molecule has 1 spiro atoms. The third-order valence-corrected chi connectivity index (χ3v) is 16.7. The molecule has 2 saturated heterocycles. The van der Waals surface area contributed by atoms with Crippen molar-refractivity contribution in [2.24, 2.45) is 11.3 Å². The summed E-state index contributed by atoms with van der Waals surface area (Å²) in [4.78, 5) is 37.3. The molecular weight excluding hydrogens is 878 g/mol. The van der Waals surface area contributed by atoms with Gasteiger partial charge in [-0.25, -0.2) is 22.5 Å². The van der Waals surface area contributed by atoms with E-state index in [1.807, 2.05) is 0 Å². The van der Waals surface area contributed by atoms with E-state index in [0.717, 1.165) is 57.1 Å². The van der Waals surface area contributed by atoms with Crippen LogP contribution in [0.2, 0.25) is 0 Å². The number of nitrogens with one attached hydrogen (secondary N) is 3. The van der Waals surface area contributed by atoms with Gasteiger partial charge < -0.3 is 29.8 Å². The maximum atomic E-state index is 14.7. The van der Waals surface area contributed by atoms with Gasteiger partial charge in [-0.05, 0) is 124 Å². The Morgan fingerprint density at radius 2 is 1.81 bits per heavy atom. The number of carbonyl (C=O) groups excluding carboxylic acids is 1. The lowest BCUT2D eigenvalue weighted by atomic mass is 9.59. The van der Waals surface area contributed by atoms with Crippen LogP contribution >= 0.6 is 0 Å². The Balaban J connectivity index is 0.863. The molecule has 10 rings (SSSR count). The normalized spacial score (nSPS) is 24.2. The number of aromatic nitrogens is 2. The molecule has 2 saturated carbocycles. The van der Waals surface area contributed by atoms with E-state index in [4.69, 9.17) is 9.47 Å². The van der Waals surface area contributed by atoms with Crippen LogP contribution in [0.1, 0.15) is 118 Å². The molecule has 0 unspecified atom stereocenters. The first-order valence-electron chi connectivity index (χ1n) is 23.6. The van der Waals surface area contributed by atoms with Crippen LogP contribution in [-0.2, 0) is 10.0 Å². The number of nitrogens with zero attached hydrogens (tertiary/aromatic N) is 4. The summed E-state index contributed by atoms with van der Waals surface area (Å²) >= 11 is 0. The number of amides is 1. The van der Waals surface area contributed by atoms with Crippen LogP contribution in [-0.4, -0.2) is 83.1 Å². The number of nitro benzene ring substituents is 1. The van der Waals surface area contributed by atoms with E-state index in [0.29, 0.717) is 49.3 Å². The Morgan fingerprint density at radius 3 is 2.55 bits per heavy atom. The zero-order valence-electron chi connectivity index (χ0n) is 38.1. The summed E-state index contributed by atoms with van der Waals surface area (Å²) in [5, 5.41) is 26.2. The second-order valence-corrected chi connectivity index (χ2v) is 21.8. The highest BCUT2D eigenvalue weighted by atomic mass is 32.2. The van der Waals surface area contributed by atoms with Crippen LogP contribution in [0, 0.1) is 27.3 Å². The molecule has 2 aromatic heterocycles. The summed E-state index contributed by atoms with van der Waals surface area (Å²) in [6.45, 7) is 9.17. The van der Waals surface area contributed by atoms with E-state index in [1.165, 1.54) is 54.6 Å². The van der Waals surface area contributed by atoms with Gasteiger partial charge in [0.05, 0.1) is 38.6 Å². The number of anilines is 2. The third-order valence-electron chi connectivity index (χ3n) is 15.4. The number of aliphatic hydroxyl groups is 1. The Bertz CT molecular complexity index is 2830. The van der Waals surface area contributed by atoms with Crippen molar-refractivity contribution in [3.63, 3.8) is 0 Å². The molecule has 5 aliphatic rings. The SMILES string of the molecule is CC(C)c1ccccc1[C@H]1CCCN1C1CC2(CCN(c3ccc(C(=O)NS(=O)(=O)c4cc5c(c([N+](=O)[O-])c4)N[C@@H]([C@H]4CC[C@](C)(O)CC4)CO5)c(Oc4cnc5[nH]cc(F)c5c4)c3)CC2)C1. The van der Waals surface area contributed by atoms with Crippen molar-refractivity contribution in [1.29, 1.82) is 0 Å². The summed E-state index contributed by atoms with van der Waals surface area (Å²) in [6, 6.07) is 18.1. The first-order valence-corrected chi connectivity index (χ1v) is 25.1. The molecule has 2 aliphatic carbocycles. The minimum atomic E-state index is -4.71. The number of sulfonamides is 1. The van der Waals surface area contributed by atoms with Gasteiger partial charge in [-0.2, -0.15) is 0 Å². The molecule has 2 atom stereocenters. The molecule has 0 bridgehead atoms. The van der Waals surface area contributed by atoms with Crippen molar-refractivity contribution in [3.05, 3.63) is 106 Å². The molecule has 5 aromatic rings. The maximum Gasteiger partial charge on any atom is 0.297 e. The number of pyridine rings is 1. The third kappa shape index (κ3) is 8.81. The summed E-state index contributed by atoms with van der Waals surface area (Å²) in [5.41, 5.74) is 2.91. The van der Waals surface area contributed by atoms with Crippen LogP contribution in [0.15, 0.2) is 78.0 Å². The Labute approximate surface area is 389 Å². The predicted octanol–water partition coefficient (Wildman–Crippen LogP) is 9.34. The van der Waals surface area contributed by atoms with E-state index >= 15 is 0 Å². The maximum absolute atomic E-state index is 14.7. The van der Waals surface area contributed by atoms with Crippen molar-refractivity contribution >= 4 is 44.0 Å². The zero-order chi connectivity index (χ0) is 46.8. The number of ether oxygens (including phenoxy) is 2. The number of fused-ring (bicyclic) bond motifs is 2. The second-order valence-electron chi connectivity index (χ2n) is 20.1. The first-order chi connectivity index (χ1) is 32.1. The molecule has 0 radical (unpaired) electrons. The lowest BCUT2D eigenvalue weighted by molar-refractivity contribution is -0.384. The number of rotatable bonds is 11. The number of piperidine rings is 1. The molecule has 5 heterocycles. The predicted molar refractivity (Wildman–Crippen MR) is 252 cm³/mol. The van der Waals surface area contributed by atoms with Crippen molar-refractivity contribution in [1.82, 2.24) is 19.6 Å². The molecule has 1 amide bonds. The molecule has 15 nitrogen and oxygen atoms in total. The number of benzene rings is 3. The molecule has 3 aliphatic heterocycles.